The fourth-order valence-electron chi connectivity index (χ4n) is 3.11. The second kappa shape index (κ2) is 9.55. The van der Waals surface area contributed by atoms with E-state index in [4.69, 9.17) is 0 Å². The van der Waals surface area contributed by atoms with E-state index in [1.807, 2.05) is 53.4 Å². The van der Waals surface area contributed by atoms with Crippen molar-refractivity contribution in [3.63, 3.8) is 0 Å². The van der Waals surface area contributed by atoms with Crippen molar-refractivity contribution < 1.29 is 9.59 Å². The minimum absolute atomic E-state index is 0.0939. The molecule has 5 nitrogen and oxygen atoms in total. The maximum atomic E-state index is 12.6. The zero-order chi connectivity index (χ0) is 19.1. The third-order valence-electron chi connectivity index (χ3n) is 4.61. The second-order valence-electron chi connectivity index (χ2n) is 6.69. The van der Waals surface area contributed by atoms with Gasteiger partial charge in [-0.2, -0.15) is 0 Å². The summed E-state index contributed by atoms with van der Waals surface area (Å²) in [7, 11) is 0. The first-order valence-electron chi connectivity index (χ1n) is 9.30. The van der Waals surface area contributed by atoms with Crippen molar-refractivity contribution in [1.29, 1.82) is 0 Å². The Morgan fingerprint density at radius 2 is 1.44 bits per heavy atom. The normalized spacial score (nSPS) is 14.3. The van der Waals surface area contributed by atoms with Gasteiger partial charge < -0.3 is 15.5 Å². The molecule has 2 aromatic carbocycles. The number of benzene rings is 2. The number of carbonyl (C=O) groups excluding carboxylic acids is 2. The predicted octanol–water partition coefficient (Wildman–Crippen LogP) is 4.52. The van der Waals surface area contributed by atoms with Crippen LogP contribution in [-0.4, -0.2) is 36.3 Å². The van der Waals surface area contributed by atoms with Crippen LogP contribution in [0.2, 0.25) is 0 Å². The standard InChI is InChI=1S/C21H24BrN3O2/c22-17-7-11-19(12-8-17)24-20(26)15-23-18-9-5-16(6-10-18)21(27)25-13-3-1-2-4-14-25/h5-12,23H,1-4,13-15H2,(H,24,26). The van der Waals surface area contributed by atoms with Gasteiger partial charge in [-0.3, -0.25) is 9.59 Å². The van der Waals surface area contributed by atoms with E-state index in [2.05, 4.69) is 26.6 Å². The molecule has 1 aliphatic rings. The van der Waals surface area contributed by atoms with Gasteiger partial charge in [0.05, 0.1) is 6.54 Å². The lowest BCUT2D eigenvalue weighted by molar-refractivity contribution is -0.114. The Bertz CT molecular complexity index is 767. The maximum Gasteiger partial charge on any atom is 0.253 e. The van der Waals surface area contributed by atoms with Crippen LogP contribution in [0.1, 0.15) is 36.0 Å². The molecule has 2 amide bonds. The average molecular weight is 430 g/mol. The van der Waals surface area contributed by atoms with Gasteiger partial charge in [0.2, 0.25) is 5.91 Å². The van der Waals surface area contributed by atoms with Gasteiger partial charge in [0.25, 0.3) is 5.91 Å². The first kappa shape index (κ1) is 19.4. The van der Waals surface area contributed by atoms with Gasteiger partial charge in [0.1, 0.15) is 0 Å². The molecule has 3 rings (SSSR count). The van der Waals surface area contributed by atoms with Gasteiger partial charge in [-0.25, -0.2) is 0 Å². The van der Waals surface area contributed by atoms with Crippen LogP contribution in [0.15, 0.2) is 53.0 Å². The SMILES string of the molecule is O=C(CNc1ccc(C(=O)N2CCCCCC2)cc1)Nc1ccc(Br)cc1. The molecule has 0 spiro atoms. The molecule has 0 atom stereocenters. The van der Waals surface area contributed by atoms with Crippen LogP contribution in [0.5, 0.6) is 0 Å². The highest BCUT2D eigenvalue weighted by Gasteiger charge is 2.17. The Kier molecular flexibility index (Phi) is 6.87. The van der Waals surface area contributed by atoms with Crippen molar-refractivity contribution in [3.8, 4) is 0 Å². The number of nitrogens with one attached hydrogen (secondary N) is 2. The first-order chi connectivity index (χ1) is 13.1. The molecular formula is C21H24BrN3O2. The molecule has 6 heteroatoms. The van der Waals surface area contributed by atoms with E-state index < -0.39 is 0 Å². The van der Waals surface area contributed by atoms with E-state index in [9.17, 15) is 9.59 Å². The number of carbonyl (C=O) groups is 2. The highest BCUT2D eigenvalue weighted by molar-refractivity contribution is 9.10. The van der Waals surface area contributed by atoms with Crippen LogP contribution < -0.4 is 10.6 Å². The lowest BCUT2D eigenvalue weighted by Gasteiger charge is -2.20. The quantitative estimate of drug-likeness (QED) is 0.734. The summed E-state index contributed by atoms with van der Waals surface area (Å²) >= 11 is 3.37. The highest BCUT2D eigenvalue weighted by atomic mass is 79.9. The molecule has 0 radical (unpaired) electrons. The molecule has 1 heterocycles. The second-order valence-corrected chi connectivity index (χ2v) is 7.61. The number of halogens is 1. The number of nitrogens with zero attached hydrogens (tertiary/aromatic N) is 1. The third kappa shape index (κ3) is 5.82. The number of rotatable bonds is 5. The molecular weight excluding hydrogens is 406 g/mol. The molecule has 1 aliphatic heterocycles. The van der Waals surface area contributed by atoms with Crippen LogP contribution in [0.3, 0.4) is 0 Å². The van der Waals surface area contributed by atoms with Crippen LogP contribution >= 0.6 is 15.9 Å². The molecule has 2 N–H and O–H groups in total. The van der Waals surface area contributed by atoms with Crippen molar-refractivity contribution in [2.75, 3.05) is 30.3 Å². The zero-order valence-electron chi connectivity index (χ0n) is 15.2. The summed E-state index contributed by atoms with van der Waals surface area (Å²) < 4.78 is 0.966. The van der Waals surface area contributed by atoms with Crippen LogP contribution in [-0.2, 0) is 4.79 Å². The Labute approximate surface area is 168 Å². The van der Waals surface area contributed by atoms with Crippen molar-refractivity contribution in [1.82, 2.24) is 4.90 Å². The number of amides is 2. The molecule has 0 bridgehead atoms. The number of likely N-dealkylation sites (tertiary alicyclic amines) is 1. The highest BCUT2D eigenvalue weighted by Crippen LogP contribution is 2.16. The molecule has 1 saturated heterocycles. The maximum absolute atomic E-state index is 12.6. The van der Waals surface area contributed by atoms with E-state index in [-0.39, 0.29) is 18.4 Å². The molecule has 2 aromatic rings. The van der Waals surface area contributed by atoms with Gasteiger partial charge in [0.15, 0.2) is 0 Å². The monoisotopic (exact) mass is 429 g/mol. The summed E-state index contributed by atoms with van der Waals surface area (Å²) in [5.41, 5.74) is 2.26. The van der Waals surface area contributed by atoms with E-state index >= 15 is 0 Å². The predicted molar refractivity (Wildman–Crippen MR) is 112 cm³/mol. The summed E-state index contributed by atoms with van der Waals surface area (Å²) in [6.45, 7) is 1.85. The van der Waals surface area contributed by atoms with E-state index in [1.165, 1.54) is 12.8 Å². The molecule has 0 aromatic heterocycles. The third-order valence-corrected chi connectivity index (χ3v) is 5.13. The Balaban J connectivity index is 1.50. The van der Waals surface area contributed by atoms with Crippen molar-refractivity contribution >= 4 is 39.1 Å². The number of hydrogen-bond donors (Lipinski definition) is 2. The minimum Gasteiger partial charge on any atom is -0.376 e. The van der Waals surface area contributed by atoms with Crippen molar-refractivity contribution in [2.24, 2.45) is 0 Å². The van der Waals surface area contributed by atoms with Crippen LogP contribution in [0, 0.1) is 0 Å². The Morgan fingerprint density at radius 1 is 0.852 bits per heavy atom. The summed E-state index contributed by atoms with van der Waals surface area (Å²) in [6.07, 6.45) is 4.57. The van der Waals surface area contributed by atoms with Crippen molar-refractivity contribution in [2.45, 2.75) is 25.7 Å². The molecule has 0 unspecified atom stereocenters. The smallest absolute Gasteiger partial charge is 0.253 e. The Morgan fingerprint density at radius 3 is 2.07 bits per heavy atom. The van der Waals surface area contributed by atoms with E-state index in [1.54, 1.807) is 0 Å². The topological polar surface area (TPSA) is 61.4 Å². The largest absolute Gasteiger partial charge is 0.376 e. The molecule has 1 fully saturated rings. The van der Waals surface area contributed by atoms with E-state index in [0.717, 1.165) is 41.8 Å². The minimum atomic E-state index is -0.123. The van der Waals surface area contributed by atoms with Crippen LogP contribution in [0.25, 0.3) is 0 Å². The van der Waals surface area contributed by atoms with Crippen molar-refractivity contribution in [3.05, 3.63) is 58.6 Å². The molecule has 0 aliphatic carbocycles. The zero-order valence-corrected chi connectivity index (χ0v) is 16.8. The van der Waals surface area contributed by atoms with Crippen LogP contribution in [0.4, 0.5) is 11.4 Å². The van der Waals surface area contributed by atoms with Gasteiger partial charge in [-0.1, -0.05) is 28.8 Å². The summed E-state index contributed by atoms with van der Waals surface area (Å²) in [5, 5.41) is 5.92. The Hall–Kier alpha value is -2.34. The first-order valence-corrected chi connectivity index (χ1v) is 10.1. The number of hydrogen-bond acceptors (Lipinski definition) is 3. The summed E-state index contributed by atoms with van der Waals surface area (Å²) in [4.78, 5) is 26.6. The fourth-order valence-corrected chi connectivity index (χ4v) is 3.37. The van der Waals surface area contributed by atoms with E-state index in [0.29, 0.717) is 5.56 Å². The number of anilines is 2. The molecule has 142 valence electrons. The van der Waals surface area contributed by atoms with Gasteiger partial charge in [-0.15, -0.1) is 0 Å². The lowest BCUT2D eigenvalue weighted by Crippen LogP contribution is -2.31. The molecule has 0 saturated carbocycles. The van der Waals surface area contributed by atoms with Gasteiger partial charge in [-0.05, 0) is 61.4 Å². The lowest BCUT2D eigenvalue weighted by atomic mass is 10.1. The fraction of sp³-hybridized carbons (Fsp3) is 0.333. The summed E-state index contributed by atoms with van der Waals surface area (Å²) in [6, 6.07) is 14.8. The summed E-state index contributed by atoms with van der Waals surface area (Å²) in [5.74, 6) is -0.0292. The van der Waals surface area contributed by atoms with Gasteiger partial charge in [0, 0.05) is 34.5 Å². The molecule has 27 heavy (non-hydrogen) atoms. The van der Waals surface area contributed by atoms with Gasteiger partial charge >= 0.3 is 0 Å². The average Bonchev–Trinajstić information content (AvgIpc) is 2.97.